The monoisotopic (exact) mass is 413 g/mol. The van der Waals surface area contributed by atoms with E-state index >= 15 is 0 Å². The quantitative estimate of drug-likeness (QED) is 0.684. The van der Waals surface area contributed by atoms with E-state index < -0.39 is 0 Å². The summed E-state index contributed by atoms with van der Waals surface area (Å²) in [6, 6.07) is 22.6. The molecule has 1 aliphatic heterocycles. The van der Waals surface area contributed by atoms with E-state index in [2.05, 4.69) is 42.3 Å². The van der Waals surface area contributed by atoms with Crippen molar-refractivity contribution in [3.8, 4) is 0 Å². The minimum absolute atomic E-state index is 0.0513. The summed E-state index contributed by atoms with van der Waals surface area (Å²) in [6.45, 7) is 7.14. The second-order valence-corrected chi connectivity index (χ2v) is 7.86. The van der Waals surface area contributed by atoms with Crippen LogP contribution in [0.4, 0.5) is 11.4 Å². The summed E-state index contributed by atoms with van der Waals surface area (Å²) in [5.74, 6) is -0.273. The van der Waals surface area contributed by atoms with Crippen molar-refractivity contribution in [3.05, 3.63) is 95.1 Å². The topological polar surface area (TPSA) is 52.6 Å². The third-order valence-electron chi connectivity index (χ3n) is 5.93. The minimum atomic E-state index is -0.222. The fourth-order valence-electron chi connectivity index (χ4n) is 3.96. The predicted octanol–water partition coefficient (Wildman–Crippen LogP) is 4.52. The fourth-order valence-corrected chi connectivity index (χ4v) is 3.96. The third-order valence-corrected chi connectivity index (χ3v) is 5.93. The summed E-state index contributed by atoms with van der Waals surface area (Å²) < 4.78 is 0. The van der Waals surface area contributed by atoms with Gasteiger partial charge in [-0.3, -0.25) is 9.59 Å². The first-order chi connectivity index (χ1) is 15.0. The summed E-state index contributed by atoms with van der Waals surface area (Å²) in [4.78, 5) is 30.1. The fraction of sp³-hybridized carbons (Fsp3) is 0.231. The van der Waals surface area contributed by atoms with Gasteiger partial charge in [0.15, 0.2) is 0 Å². The molecule has 5 nitrogen and oxygen atoms in total. The van der Waals surface area contributed by atoms with Crippen molar-refractivity contribution in [1.29, 1.82) is 0 Å². The number of para-hydroxylation sites is 1. The number of amides is 2. The number of nitrogens with one attached hydrogen (secondary N) is 1. The largest absolute Gasteiger partial charge is 0.368 e. The molecule has 0 spiro atoms. The van der Waals surface area contributed by atoms with Gasteiger partial charge in [0.1, 0.15) is 0 Å². The molecule has 3 aromatic carbocycles. The molecule has 1 fully saturated rings. The summed E-state index contributed by atoms with van der Waals surface area (Å²) in [5.41, 5.74) is 5.43. The SMILES string of the molecule is Cc1cccc(N2CCN(C(=O)c3ccccc3NC(=O)c3ccccc3)CC2)c1C. The van der Waals surface area contributed by atoms with Crippen molar-refractivity contribution in [1.82, 2.24) is 4.90 Å². The maximum absolute atomic E-state index is 13.3. The van der Waals surface area contributed by atoms with Crippen molar-refractivity contribution >= 4 is 23.2 Å². The van der Waals surface area contributed by atoms with Crippen LogP contribution in [0, 0.1) is 13.8 Å². The van der Waals surface area contributed by atoms with E-state index in [1.807, 2.05) is 35.2 Å². The van der Waals surface area contributed by atoms with E-state index in [9.17, 15) is 9.59 Å². The number of hydrogen-bond acceptors (Lipinski definition) is 3. The van der Waals surface area contributed by atoms with E-state index in [4.69, 9.17) is 0 Å². The van der Waals surface area contributed by atoms with E-state index in [0.717, 1.165) is 13.1 Å². The molecular formula is C26H27N3O2. The zero-order chi connectivity index (χ0) is 21.8. The molecule has 0 saturated carbocycles. The van der Waals surface area contributed by atoms with Gasteiger partial charge in [0.2, 0.25) is 0 Å². The van der Waals surface area contributed by atoms with Gasteiger partial charge in [-0.1, -0.05) is 42.5 Å². The minimum Gasteiger partial charge on any atom is -0.368 e. The molecule has 4 rings (SSSR count). The van der Waals surface area contributed by atoms with Gasteiger partial charge in [-0.25, -0.2) is 0 Å². The molecule has 1 aliphatic rings. The molecule has 1 saturated heterocycles. The van der Waals surface area contributed by atoms with Gasteiger partial charge in [-0.2, -0.15) is 0 Å². The van der Waals surface area contributed by atoms with Gasteiger partial charge in [0.25, 0.3) is 11.8 Å². The van der Waals surface area contributed by atoms with Gasteiger partial charge in [-0.05, 0) is 55.3 Å². The van der Waals surface area contributed by atoms with Crippen LogP contribution in [0.5, 0.6) is 0 Å². The Morgan fingerprint density at radius 2 is 1.45 bits per heavy atom. The van der Waals surface area contributed by atoms with Gasteiger partial charge in [0, 0.05) is 37.4 Å². The van der Waals surface area contributed by atoms with Crippen LogP contribution in [0.2, 0.25) is 0 Å². The average molecular weight is 414 g/mol. The molecule has 2 amide bonds. The number of carbonyl (C=O) groups is 2. The van der Waals surface area contributed by atoms with Crippen molar-refractivity contribution in [2.45, 2.75) is 13.8 Å². The molecule has 0 aromatic heterocycles. The smallest absolute Gasteiger partial charge is 0.256 e. The molecule has 158 valence electrons. The average Bonchev–Trinajstić information content (AvgIpc) is 2.81. The molecular weight excluding hydrogens is 386 g/mol. The van der Waals surface area contributed by atoms with Crippen LogP contribution >= 0.6 is 0 Å². The maximum Gasteiger partial charge on any atom is 0.256 e. The predicted molar refractivity (Wildman–Crippen MR) is 125 cm³/mol. The lowest BCUT2D eigenvalue weighted by molar-refractivity contribution is 0.0748. The molecule has 1 N–H and O–H groups in total. The maximum atomic E-state index is 13.3. The number of aryl methyl sites for hydroxylation is 1. The van der Waals surface area contributed by atoms with Gasteiger partial charge < -0.3 is 15.1 Å². The number of carbonyl (C=O) groups excluding carboxylic acids is 2. The highest BCUT2D eigenvalue weighted by Gasteiger charge is 2.25. The van der Waals surface area contributed by atoms with Crippen LogP contribution < -0.4 is 10.2 Å². The Hall–Kier alpha value is -3.60. The van der Waals surface area contributed by atoms with Crippen molar-refractivity contribution in [2.24, 2.45) is 0 Å². The summed E-state index contributed by atoms with van der Waals surface area (Å²) in [7, 11) is 0. The highest BCUT2D eigenvalue weighted by atomic mass is 16.2. The first-order valence-electron chi connectivity index (χ1n) is 10.6. The van der Waals surface area contributed by atoms with Crippen molar-refractivity contribution < 1.29 is 9.59 Å². The molecule has 31 heavy (non-hydrogen) atoms. The van der Waals surface area contributed by atoms with Gasteiger partial charge in [-0.15, -0.1) is 0 Å². The number of rotatable bonds is 4. The number of piperazine rings is 1. The van der Waals surface area contributed by atoms with E-state index in [1.165, 1.54) is 16.8 Å². The van der Waals surface area contributed by atoms with Gasteiger partial charge >= 0.3 is 0 Å². The molecule has 0 atom stereocenters. The van der Waals surface area contributed by atoms with E-state index in [0.29, 0.717) is 29.9 Å². The van der Waals surface area contributed by atoms with Crippen LogP contribution in [0.15, 0.2) is 72.8 Å². The van der Waals surface area contributed by atoms with Crippen LogP contribution in [-0.4, -0.2) is 42.9 Å². The van der Waals surface area contributed by atoms with Crippen molar-refractivity contribution in [2.75, 3.05) is 36.4 Å². The molecule has 0 bridgehead atoms. The van der Waals surface area contributed by atoms with Crippen molar-refractivity contribution in [3.63, 3.8) is 0 Å². The molecule has 1 heterocycles. The second kappa shape index (κ2) is 9.04. The normalized spacial score (nSPS) is 13.7. The highest BCUT2D eigenvalue weighted by Crippen LogP contribution is 2.25. The zero-order valence-electron chi connectivity index (χ0n) is 18.0. The molecule has 0 unspecified atom stereocenters. The lowest BCUT2D eigenvalue weighted by Gasteiger charge is -2.37. The Morgan fingerprint density at radius 3 is 2.19 bits per heavy atom. The third kappa shape index (κ3) is 4.45. The summed E-state index contributed by atoms with van der Waals surface area (Å²) >= 11 is 0. The number of anilines is 2. The van der Waals surface area contributed by atoms with Gasteiger partial charge in [0.05, 0.1) is 11.3 Å². The number of benzene rings is 3. The standard InChI is InChI=1S/C26H27N3O2/c1-19-9-8-14-24(20(19)2)28-15-17-29(18-16-28)26(31)22-12-6-7-13-23(22)27-25(30)21-10-4-3-5-11-21/h3-14H,15-18H2,1-2H3,(H,27,30). The van der Waals surface area contributed by atoms with Crippen LogP contribution in [0.1, 0.15) is 31.8 Å². The Bertz CT molecular complexity index is 1090. The molecule has 0 radical (unpaired) electrons. The first kappa shape index (κ1) is 20.7. The van der Waals surface area contributed by atoms with E-state index in [-0.39, 0.29) is 11.8 Å². The molecule has 0 aliphatic carbocycles. The van der Waals surface area contributed by atoms with Crippen LogP contribution in [-0.2, 0) is 0 Å². The molecule has 5 heteroatoms. The number of nitrogens with zero attached hydrogens (tertiary/aromatic N) is 2. The molecule has 3 aromatic rings. The Kier molecular flexibility index (Phi) is 6.03. The Morgan fingerprint density at radius 1 is 0.774 bits per heavy atom. The lowest BCUT2D eigenvalue weighted by atomic mass is 10.1. The Balaban J connectivity index is 1.46. The zero-order valence-corrected chi connectivity index (χ0v) is 18.0. The number of hydrogen-bond donors (Lipinski definition) is 1. The summed E-state index contributed by atoms with van der Waals surface area (Å²) in [5, 5.41) is 2.90. The van der Waals surface area contributed by atoms with E-state index in [1.54, 1.807) is 24.3 Å². The highest BCUT2D eigenvalue weighted by molar-refractivity contribution is 6.09. The van der Waals surface area contributed by atoms with Crippen LogP contribution in [0.3, 0.4) is 0 Å². The summed E-state index contributed by atoms with van der Waals surface area (Å²) in [6.07, 6.45) is 0. The second-order valence-electron chi connectivity index (χ2n) is 7.86. The lowest BCUT2D eigenvalue weighted by Crippen LogP contribution is -2.49. The Labute approximate surface area is 183 Å². The first-order valence-corrected chi connectivity index (χ1v) is 10.6. The van der Waals surface area contributed by atoms with Crippen LogP contribution in [0.25, 0.3) is 0 Å².